The Balaban J connectivity index is 1.39. The van der Waals surface area contributed by atoms with E-state index >= 15 is 0 Å². The minimum Gasteiger partial charge on any atom is -0.474 e. The van der Waals surface area contributed by atoms with E-state index in [1.807, 2.05) is 0 Å². The highest BCUT2D eigenvalue weighted by Crippen LogP contribution is 2.30. The molecule has 0 aliphatic heterocycles. The monoisotopic (exact) mass is 508 g/mol. The minimum atomic E-state index is -4.26. The van der Waals surface area contributed by atoms with E-state index in [9.17, 15) is 17.9 Å². The van der Waals surface area contributed by atoms with Crippen molar-refractivity contribution in [2.75, 3.05) is 4.72 Å². The molecule has 1 fully saturated rings. The Bertz CT molecular complexity index is 1560. The summed E-state index contributed by atoms with van der Waals surface area (Å²) in [5, 5.41) is 26.2. The fourth-order valence-electron chi connectivity index (χ4n) is 4.02. The van der Waals surface area contributed by atoms with Gasteiger partial charge in [0.1, 0.15) is 22.2 Å². The highest BCUT2D eigenvalue weighted by atomic mass is 32.2. The van der Waals surface area contributed by atoms with Crippen LogP contribution in [0.4, 0.5) is 10.1 Å². The summed E-state index contributed by atoms with van der Waals surface area (Å²) < 4.78 is 48.0. The standard InChI is InChI=1S/C24H21FN6O4S/c25-20-10-1-14(12-26)11-21(20)36(33,34)31-16-4-2-15(3-5-16)22-28-23-19(13-27-30-23)24(29-22)35-18-8-6-17(32)7-9-18/h1-5,10-11,13,17-18,31-32H,6-9H2,(H,27,28,29,30). The third-order valence-electron chi connectivity index (χ3n) is 5.94. The molecule has 0 amide bonds. The summed E-state index contributed by atoms with van der Waals surface area (Å²) in [5.74, 6) is -0.234. The summed E-state index contributed by atoms with van der Waals surface area (Å²) in [6, 6.07) is 11.2. The molecule has 2 aromatic carbocycles. The van der Waals surface area contributed by atoms with Gasteiger partial charge < -0.3 is 9.84 Å². The molecule has 0 bridgehead atoms. The van der Waals surface area contributed by atoms with Crippen LogP contribution in [0.5, 0.6) is 5.88 Å². The van der Waals surface area contributed by atoms with E-state index in [4.69, 9.17) is 10.00 Å². The van der Waals surface area contributed by atoms with E-state index in [2.05, 4.69) is 24.9 Å². The van der Waals surface area contributed by atoms with Crippen molar-refractivity contribution < 1.29 is 22.7 Å². The van der Waals surface area contributed by atoms with Crippen LogP contribution in [-0.4, -0.2) is 45.9 Å². The average molecular weight is 509 g/mol. The number of hydrogen-bond donors (Lipinski definition) is 3. The number of ether oxygens (including phenoxy) is 1. The number of anilines is 1. The summed E-state index contributed by atoms with van der Waals surface area (Å²) in [4.78, 5) is 8.43. The van der Waals surface area contributed by atoms with Crippen LogP contribution in [0.2, 0.25) is 0 Å². The summed E-state index contributed by atoms with van der Waals surface area (Å²) in [7, 11) is -4.26. The molecule has 1 aliphatic carbocycles. The first-order valence-corrected chi connectivity index (χ1v) is 12.7. The van der Waals surface area contributed by atoms with Gasteiger partial charge in [-0.25, -0.2) is 17.8 Å². The minimum absolute atomic E-state index is 0.0286. The number of halogens is 1. The molecule has 184 valence electrons. The first-order chi connectivity index (χ1) is 17.3. The predicted octanol–water partition coefficient (Wildman–Crippen LogP) is 3.51. The molecule has 0 spiro atoms. The molecule has 12 heteroatoms. The molecule has 4 aromatic rings. The Hall–Kier alpha value is -4.08. The molecule has 0 saturated heterocycles. The molecule has 2 aromatic heterocycles. The fourth-order valence-corrected chi connectivity index (χ4v) is 5.19. The van der Waals surface area contributed by atoms with E-state index in [1.165, 1.54) is 18.2 Å². The Morgan fingerprint density at radius 2 is 1.86 bits per heavy atom. The van der Waals surface area contributed by atoms with Crippen LogP contribution >= 0.6 is 0 Å². The Morgan fingerprint density at radius 1 is 1.11 bits per heavy atom. The summed E-state index contributed by atoms with van der Waals surface area (Å²) in [5.41, 5.74) is 1.31. The number of fused-ring (bicyclic) bond motifs is 1. The van der Waals surface area contributed by atoms with Crippen LogP contribution in [-0.2, 0) is 10.0 Å². The van der Waals surface area contributed by atoms with Crippen LogP contribution in [0, 0.1) is 17.1 Å². The van der Waals surface area contributed by atoms with Gasteiger partial charge in [-0.15, -0.1) is 0 Å². The average Bonchev–Trinajstić information content (AvgIpc) is 3.35. The number of benzene rings is 2. The third kappa shape index (κ3) is 4.84. The highest BCUT2D eigenvalue weighted by Gasteiger charge is 2.23. The SMILES string of the molecule is N#Cc1ccc(F)c(S(=O)(=O)Nc2ccc(-c3nc(OC4CCC(O)CC4)c4cn[nH]c4n3)cc2)c1. The number of aliphatic hydroxyl groups is 1. The summed E-state index contributed by atoms with van der Waals surface area (Å²) in [6.45, 7) is 0. The molecule has 5 rings (SSSR count). The number of hydrogen-bond acceptors (Lipinski definition) is 8. The van der Waals surface area contributed by atoms with Crippen LogP contribution in [0.1, 0.15) is 31.2 Å². The van der Waals surface area contributed by atoms with Crippen molar-refractivity contribution in [2.24, 2.45) is 0 Å². The van der Waals surface area contributed by atoms with Gasteiger partial charge in [0.15, 0.2) is 11.5 Å². The van der Waals surface area contributed by atoms with E-state index in [0.717, 1.165) is 12.1 Å². The molecular formula is C24H21FN6O4S. The molecule has 2 heterocycles. The van der Waals surface area contributed by atoms with Gasteiger partial charge in [0, 0.05) is 11.3 Å². The van der Waals surface area contributed by atoms with Gasteiger partial charge in [-0.3, -0.25) is 9.82 Å². The second-order valence-corrected chi connectivity index (χ2v) is 10.1. The van der Waals surface area contributed by atoms with Crippen molar-refractivity contribution in [3.8, 4) is 23.3 Å². The maximum absolute atomic E-state index is 14.1. The van der Waals surface area contributed by atoms with Crippen molar-refractivity contribution in [2.45, 2.75) is 42.8 Å². The highest BCUT2D eigenvalue weighted by molar-refractivity contribution is 7.92. The number of nitrogens with zero attached hydrogens (tertiary/aromatic N) is 4. The normalized spacial score (nSPS) is 18.0. The van der Waals surface area contributed by atoms with Crippen LogP contribution in [0.3, 0.4) is 0 Å². The number of aliphatic hydroxyl groups excluding tert-OH is 1. The van der Waals surface area contributed by atoms with E-state index in [0.29, 0.717) is 54.0 Å². The molecule has 0 unspecified atom stereocenters. The van der Waals surface area contributed by atoms with Crippen molar-refractivity contribution >= 4 is 26.7 Å². The lowest BCUT2D eigenvalue weighted by molar-refractivity contribution is 0.0652. The van der Waals surface area contributed by atoms with E-state index < -0.39 is 20.7 Å². The van der Waals surface area contributed by atoms with Gasteiger partial charge >= 0.3 is 0 Å². The molecular weight excluding hydrogens is 487 g/mol. The first-order valence-electron chi connectivity index (χ1n) is 11.2. The van der Waals surface area contributed by atoms with Gasteiger partial charge in [-0.05, 0) is 68.1 Å². The maximum atomic E-state index is 14.1. The zero-order valence-electron chi connectivity index (χ0n) is 18.8. The molecule has 0 atom stereocenters. The first kappa shape index (κ1) is 23.7. The number of rotatable bonds is 6. The van der Waals surface area contributed by atoms with E-state index in [-0.39, 0.29) is 23.5 Å². The Labute approximate surface area is 205 Å². The van der Waals surface area contributed by atoms with Crippen molar-refractivity contribution in [3.63, 3.8) is 0 Å². The maximum Gasteiger partial charge on any atom is 0.264 e. The number of nitriles is 1. The predicted molar refractivity (Wildman–Crippen MR) is 128 cm³/mol. The lowest BCUT2D eigenvalue weighted by atomic mass is 9.95. The van der Waals surface area contributed by atoms with Gasteiger partial charge in [0.05, 0.1) is 23.9 Å². The van der Waals surface area contributed by atoms with Gasteiger partial charge in [0.2, 0.25) is 5.88 Å². The Kier molecular flexibility index (Phi) is 6.26. The van der Waals surface area contributed by atoms with Crippen LogP contribution in [0.15, 0.2) is 53.6 Å². The van der Waals surface area contributed by atoms with Crippen LogP contribution < -0.4 is 9.46 Å². The van der Waals surface area contributed by atoms with Gasteiger partial charge in [-0.1, -0.05) is 0 Å². The number of H-pyrrole nitrogens is 1. The van der Waals surface area contributed by atoms with Crippen molar-refractivity contribution in [1.82, 2.24) is 20.2 Å². The topological polar surface area (TPSA) is 154 Å². The van der Waals surface area contributed by atoms with Gasteiger partial charge in [0.25, 0.3) is 10.0 Å². The molecule has 1 saturated carbocycles. The molecule has 36 heavy (non-hydrogen) atoms. The zero-order valence-corrected chi connectivity index (χ0v) is 19.7. The quantitative estimate of drug-likeness (QED) is 0.357. The number of aromatic amines is 1. The number of nitrogens with one attached hydrogen (secondary N) is 2. The van der Waals surface area contributed by atoms with Crippen LogP contribution in [0.25, 0.3) is 22.4 Å². The lowest BCUT2D eigenvalue weighted by Gasteiger charge is -2.25. The zero-order chi connectivity index (χ0) is 25.3. The number of aromatic nitrogens is 4. The van der Waals surface area contributed by atoms with Gasteiger partial charge in [-0.2, -0.15) is 15.3 Å². The second-order valence-electron chi connectivity index (χ2n) is 8.47. The summed E-state index contributed by atoms with van der Waals surface area (Å²) >= 11 is 0. The van der Waals surface area contributed by atoms with Crippen molar-refractivity contribution in [3.05, 3.63) is 60.0 Å². The second kappa shape index (κ2) is 9.52. The smallest absolute Gasteiger partial charge is 0.264 e. The molecule has 3 N–H and O–H groups in total. The third-order valence-corrected chi connectivity index (χ3v) is 7.34. The largest absolute Gasteiger partial charge is 0.474 e. The molecule has 0 radical (unpaired) electrons. The molecule has 10 nitrogen and oxygen atoms in total. The Morgan fingerprint density at radius 3 is 2.58 bits per heavy atom. The fraction of sp³-hybridized carbons (Fsp3) is 0.250. The van der Waals surface area contributed by atoms with Crippen molar-refractivity contribution in [1.29, 1.82) is 5.26 Å². The lowest BCUT2D eigenvalue weighted by Crippen LogP contribution is -2.26. The molecule has 1 aliphatic rings. The summed E-state index contributed by atoms with van der Waals surface area (Å²) in [6.07, 6.45) is 3.97. The number of sulfonamides is 1. The van der Waals surface area contributed by atoms with E-state index in [1.54, 1.807) is 24.4 Å².